The van der Waals surface area contributed by atoms with E-state index in [1.807, 2.05) is 42.5 Å². The van der Waals surface area contributed by atoms with Gasteiger partial charge in [-0.2, -0.15) is 18.0 Å². The summed E-state index contributed by atoms with van der Waals surface area (Å²) < 4.78 is 65.0. The molecule has 19 heteroatoms. The number of carbonyl (C=O) groups is 3. The molecule has 0 bridgehead atoms. The average Bonchev–Trinajstić information content (AvgIpc) is 3.84. The second-order valence-electron chi connectivity index (χ2n) is 17.0. The van der Waals surface area contributed by atoms with E-state index in [0.29, 0.717) is 41.6 Å². The van der Waals surface area contributed by atoms with Crippen LogP contribution in [0.1, 0.15) is 47.2 Å². The smallest absolute Gasteiger partial charge is 0.301 e. The number of piperidine rings is 1. The number of rotatable bonds is 11. The number of benzene rings is 4. The lowest BCUT2D eigenvalue weighted by Crippen LogP contribution is -2.53. The van der Waals surface area contributed by atoms with E-state index in [9.17, 15) is 37.2 Å². The Labute approximate surface area is 365 Å². The van der Waals surface area contributed by atoms with Gasteiger partial charge in [0.1, 0.15) is 35.9 Å². The highest BCUT2D eigenvalue weighted by Gasteiger charge is 2.40. The summed E-state index contributed by atoms with van der Waals surface area (Å²) in [4.78, 5) is 61.6. The number of amides is 3. The molecule has 5 aromatic rings. The van der Waals surface area contributed by atoms with Crippen LogP contribution in [0.3, 0.4) is 0 Å². The Bertz CT molecular complexity index is 2970. The molecule has 4 fully saturated rings. The van der Waals surface area contributed by atoms with E-state index in [0.717, 1.165) is 66.0 Å². The lowest BCUT2D eigenvalue weighted by atomic mass is 9.84. The zero-order valence-corrected chi connectivity index (χ0v) is 35.1. The summed E-state index contributed by atoms with van der Waals surface area (Å²) in [6.45, 7) is 3.65. The van der Waals surface area contributed by atoms with Crippen molar-refractivity contribution in [1.29, 1.82) is 5.26 Å². The minimum absolute atomic E-state index is 0.0117. The first-order valence-corrected chi connectivity index (χ1v) is 22.5. The first-order valence-electron chi connectivity index (χ1n) is 21.0. The van der Waals surface area contributed by atoms with Crippen LogP contribution in [0, 0.1) is 29.0 Å². The molecule has 16 nitrogen and oxygen atoms in total. The highest BCUT2D eigenvalue weighted by atomic mass is 32.2. The first-order chi connectivity index (χ1) is 30.8. The minimum atomic E-state index is -4.24. The summed E-state index contributed by atoms with van der Waals surface area (Å²) >= 11 is 0. The first kappa shape index (κ1) is 41.1. The van der Waals surface area contributed by atoms with Gasteiger partial charge in [0.2, 0.25) is 11.8 Å². The van der Waals surface area contributed by atoms with Crippen LogP contribution in [-0.4, -0.2) is 96.4 Å². The van der Waals surface area contributed by atoms with Crippen LogP contribution in [0.2, 0.25) is 0 Å². The zero-order chi connectivity index (χ0) is 44.4. The molecule has 0 spiro atoms. The molecule has 1 aromatic heterocycles. The molecule has 3 amide bonds. The third-order valence-electron chi connectivity index (χ3n) is 12.8. The van der Waals surface area contributed by atoms with Gasteiger partial charge < -0.3 is 19.4 Å². The molecule has 0 radical (unpaired) electrons. The predicted molar refractivity (Wildman–Crippen MR) is 231 cm³/mol. The number of imide groups is 1. The number of aromatic nitrogens is 2. The maximum absolute atomic E-state index is 15.1. The van der Waals surface area contributed by atoms with Gasteiger partial charge in [-0.25, -0.2) is 13.8 Å². The fraction of sp³-hybridized carbons (Fsp3) is 0.333. The van der Waals surface area contributed by atoms with Crippen molar-refractivity contribution in [2.75, 3.05) is 53.8 Å². The normalized spacial score (nSPS) is 20.5. The van der Waals surface area contributed by atoms with Crippen molar-refractivity contribution in [3.63, 3.8) is 0 Å². The molecule has 5 aliphatic heterocycles. The quantitative estimate of drug-likeness (QED) is 0.176. The van der Waals surface area contributed by atoms with Gasteiger partial charge in [0, 0.05) is 69.2 Å². The number of alkyl halides is 1. The lowest BCUT2D eigenvalue weighted by molar-refractivity contribution is -0.136. The number of halogens is 2. The monoisotopic (exact) mass is 889 g/mol. The third kappa shape index (κ3) is 7.55. The van der Waals surface area contributed by atoms with Crippen LogP contribution in [0.25, 0.3) is 16.6 Å². The molecule has 4 saturated heterocycles. The molecule has 64 heavy (non-hydrogen) atoms. The fourth-order valence-corrected chi connectivity index (χ4v) is 10.6. The maximum Gasteiger partial charge on any atom is 0.301 e. The van der Waals surface area contributed by atoms with Crippen molar-refractivity contribution >= 4 is 55.9 Å². The summed E-state index contributed by atoms with van der Waals surface area (Å²) in [5.41, 5.74) is 3.44. The van der Waals surface area contributed by atoms with Crippen LogP contribution in [0.4, 0.5) is 25.8 Å². The van der Waals surface area contributed by atoms with Gasteiger partial charge in [-0.15, -0.1) is 0 Å². The van der Waals surface area contributed by atoms with E-state index < -0.39 is 51.0 Å². The number of hydrogen-bond donors (Lipinski definition) is 2. The van der Waals surface area contributed by atoms with Gasteiger partial charge in [0.25, 0.3) is 11.5 Å². The van der Waals surface area contributed by atoms with E-state index in [-0.39, 0.29) is 54.6 Å². The number of fused-ring (bicyclic) bond motifs is 2. The molecule has 328 valence electrons. The summed E-state index contributed by atoms with van der Waals surface area (Å²) in [6.07, 6.45) is 1.81. The fourth-order valence-electron chi connectivity index (χ4n) is 9.34. The van der Waals surface area contributed by atoms with Crippen molar-refractivity contribution in [2.24, 2.45) is 11.8 Å². The molecule has 6 heterocycles. The van der Waals surface area contributed by atoms with Gasteiger partial charge in [0.05, 0.1) is 22.3 Å². The molecule has 2 N–H and O–H groups in total. The Morgan fingerprint density at radius 2 is 1.59 bits per heavy atom. The van der Waals surface area contributed by atoms with E-state index >= 15 is 4.39 Å². The summed E-state index contributed by atoms with van der Waals surface area (Å²) in [5, 5.41) is 12.5. The number of carbonyl (C=O) groups excluding carboxylic acids is 3. The van der Waals surface area contributed by atoms with Crippen molar-refractivity contribution in [1.82, 2.24) is 24.1 Å². The van der Waals surface area contributed by atoms with Crippen LogP contribution >= 0.6 is 0 Å². The van der Waals surface area contributed by atoms with E-state index in [1.54, 1.807) is 11.0 Å². The predicted octanol–water partition coefficient (Wildman–Crippen LogP) is 4.61. The van der Waals surface area contributed by atoms with Gasteiger partial charge in [0.15, 0.2) is 11.6 Å². The molecule has 0 saturated carbocycles. The number of ether oxygens (including phenoxy) is 1. The SMILES string of the molecule is N#Cc1c(NS(=O)(=O)N2CC[C@@H](F)C2)ccc(F)c1Oc1ccc2ncn(-c3ccc(N4CC(CC5CN(c6ccc7c(c6)CN([C@@H]6CCC(=O)NC6=O)C7=O)C5)C4)cc3)c(=O)c2c1. The van der Waals surface area contributed by atoms with Crippen LogP contribution in [-0.2, 0) is 26.3 Å². The number of anilines is 3. The largest absolute Gasteiger partial charge is 0.453 e. The highest BCUT2D eigenvalue weighted by molar-refractivity contribution is 7.90. The second kappa shape index (κ2) is 16.0. The standard InChI is InChI=1S/C45H41F2N9O7S/c46-29-13-14-54(24-29)64(61,62)51-39-10-8-37(47)42(36(39)18-48)63-33-6-9-38-35(17-33)45(60)56(25-49-38)31-3-1-30(2-4-31)52-19-26(20-52)15-27-21-53(22-27)32-5-7-34-28(16-32)23-55(44(34)59)40-11-12-41(57)50-43(40)58/h1-10,16-17,25-27,29,40,51H,11-15,19-24H2,(H,50,57,58)/t29-,40-/m1/s1. The summed E-state index contributed by atoms with van der Waals surface area (Å²) in [7, 11) is -4.24. The van der Waals surface area contributed by atoms with E-state index in [1.165, 1.54) is 29.1 Å². The number of nitriles is 1. The Hall–Kier alpha value is -6.91. The van der Waals surface area contributed by atoms with Crippen LogP contribution in [0.15, 0.2) is 83.9 Å². The Morgan fingerprint density at radius 3 is 2.30 bits per heavy atom. The lowest BCUT2D eigenvalue weighted by Gasteiger charge is -2.47. The van der Waals surface area contributed by atoms with Crippen molar-refractivity contribution in [3.05, 3.63) is 112 Å². The minimum Gasteiger partial charge on any atom is -0.453 e. The maximum atomic E-state index is 15.1. The van der Waals surface area contributed by atoms with Crippen molar-refractivity contribution < 1.29 is 36.3 Å². The van der Waals surface area contributed by atoms with Crippen molar-refractivity contribution in [2.45, 2.75) is 44.4 Å². The molecule has 4 aromatic carbocycles. The topological polar surface area (TPSA) is 190 Å². The molecule has 2 atom stereocenters. The molecule has 10 rings (SSSR count). The Morgan fingerprint density at radius 1 is 0.875 bits per heavy atom. The van der Waals surface area contributed by atoms with Gasteiger partial charge in [-0.1, -0.05) is 0 Å². The Kier molecular flexibility index (Phi) is 10.3. The van der Waals surface area contributed by atoms with E-state index in [2.05, 4.69) is 24.8 Å². The molecule has 0 aliphatic carbocycles. The Balaban J connectivity index is 0.748. The van der Waals surface area contributed by atoms with E-state index in [4.69, 9.17) is 4.74 Å². The van der Waals surface area contributed by atoms with Crippen molar-refractivity contribution in [3.8, 4) is 23.3 Å². The average molecular weight is 890 g/mol. The molecule has 0 unspecified atom stereocenters. The summed E-state index contributed by atoms with van der Waals surface area (Å²) in [5.74, 6) is -1.28. The highest BCUT2D eigenvalue weighted by Crippen LogP contribution is 2.38. The van der Waals surface area contributed by atoms with Gasteiger partial charge in [-0.3, -0.25) is 33.8 Å². The zero-order valence-electron chi connectivity index (χ0n) is 34.2. The third-order valence-corrected chi connectivity index (χ3v) is 14.3. The summed E-state index contributed by atoms with van der Waals surface area (Å²) in [6, 6.07) is 21.0. The second-order valence-corrected chi connectivity index (χ2v) is 18.7. The molecular formula is C45H41F2N9O7S. The number of hydrogen-bond acceptors (Lipinski definition) is 11. The van der Waals surface area contributed by atoms with Gasteiger partial charge in [-0.05, 0) is 109 Å². The number of nitrogens with one attached hydrogen (secondary N) is 2. The molecule has 5 aliphatic rings. The number of nitrogens with zero attached hydrogens (tertiary/aromatic N) is 7. The van der Waals surface area contributed by atoms with Gasteiger partial charge >= 0.3 is 10.2 Å². The van der Waals surface area contributed by atoms with Crippen LogP contribution in [0.5, 0.6) is 11.5 Å². The van der Waals surface area contributed by atoms with Crippen LogP contribution < -0.4 is 30.1 Å². The molecular weight excluding hydrogens is 849 g/mol.